The van der Waals surface area contributed by atoms with Crippen molar-refractivity contribution in [2.24, 2.45) is 5.92 Å². The molecule has 6 aromatic rings. The van der Waals surface area contributed by atoms with Gasteiger partial charge in [0.15, 0.2) is 0 Å². The van der Waals surface area contributed by atoms with Crippen molar-refractivity contribution >= 4 is 48.6 Å². The molecule has 4 heterocycles. The monoisotopic (exact) mass is 603 g/mol. The van der Waals surface area contributed by atoms with Gasteiger partial charge in [-0.25, -0.2) is 4.39 Å². The zero-order chi connectivity index (χ0) is 30.4. The lowest BCUT2D eigenvalue weighted by Crippen LogP contribution is -2.18. The molecule has 7 nitrogen and oxygen atoms in total. The third-order valence-corrected chi connectivity index (χ3v) is 9.07. The first kappa shape index (κ1) is 28.1. The van der Waals surface area contributed by atoms with E-state index in [4.69, 9.17) is 0 Å². The van der Waals surface area contributed by atoms with E-state index >= 15 is 0 Å². The molecule has 0 spiro atoms. The number of halogens is 1. The number of rotatable bonds is 9. The predicted octanol–water partition coefficient (Wildman–Crippen LogP) is 8.00. The highest BCUT2D eigenvalue weighted by Crippen LogP contribution is 2.36. The quantitative estimate of drug-likeness (QED) is 0.126. The highest BCUT2D eigenvalue weighted by Gasteiger charge is 2.21. The minimum Gasteiger partial charge on any atom is -0.358 e. The number of allylic oxidation sites excluding steroid dienone is 1. The van der Waals surface area contributed by atoms with Gasteiger partial charge in [-0.1, -0.05) is 30.8 Å². The molecule has 9 heteroatoms. The minimum absolute atomic E-state index is 0.302. The lowest BCUT2D eigenvalue weighted by atomic mass is 9.83. The summed E-state index contributed by atoms with van der Waals surface area (Å²) in [5.41, 5.74) is 9.85. The van der Waals surface area contributed by atoms with Crippen molar-refractivity contribution in [2.45, 2.75) is 25.8 Å². The van der Waals surface area contributed by atoms with Gasteiger partial charge in [0.1, 0.15) is 11.5 Å². The standard InChI is InChI=1S/C35H34FN7S/c1-21(23-6-5-7-23)40-28-13-26(17-37-18-28)24-8-9-32-30(14-24)35(43-42-32)33-15-29-31(19-38-20-34(29)41-33)25-10-22(11-27(36)12-25)16-39-44(2,3)4/h8-15,17-20,23,39-41H,1-3,5-7,16H2,4H3,(H,42,43). The Kier molecular flexibility index (Phi) is 7.07. The SMILES string of the molecule is C=C(Nc1cncc(-c2ccc3[nH]nc(-c4cc5c(-c6cc(F)cc(CNS(=C)(=C)C)c6)cncc5[nH]4)c3c2)c1)C1CCC1. The summed E-state index contributed by atoms with van der Waals surface area (Å²) in [6, 6.07) is 15.5. The normalized spacial score (nSPS) is 13.8. The molecule has 0 amide bonds. The smallest absolute Gasteiger partial charge is 0.124 e. The van der Waals surface area contributed by atoms with Crippen LogP contribution in [0.25, 0.3) is 55.4 Å². The average molecular weight is 604 g/mol. The second-order valence-corrected chi connectivity index (χ2v) is 14.7. The van der Waals surface area contributed by atoms with Crippen molar-refractivity contribution in [3.05, 3.63) is 97.0 Å². The average Bonchev–Trinajstić information content (AvgIpc) is 3.58. The molecule has 0 atom stereocenters. The Morgan fingerprint density at radius 2 is 1.77 bits per heavy atom. The summed E-state index contributed by atoms with van der Waals surface area (Å²) in [4.78, 5) is 12.4. The Bertz CT molecular complexity index is 2160. The van der Waals surface area contributed by atoms with Crippen molar-refractivity contribution in [3.8, 4) is 33.6 Å². The van der Waals surface area contributed by atoms with Gasteiger partial charge >= 0.3 is 0 Å². The zero-order valence-electron chi connectivity index (χ0n) is 24.6. The van der Waals surface area contributed by atoms with E-state index in [0.29, 0.717) is 12.5 Å². The largest absolute Gasteiger partial charge is 0.358 e. The first-order chi connectivity index (χ1) is 21.2. The van der Waals surface area contributed by atoms with Crippen LogP contribution in [0.15, 0.2) is 85.6 Å². The molecule has 4 aromatic heterocycles. The second kappa shape index (κ2) is 11.1. The molecule has 1 aliphatic carbocycles. The van der Waals surface area contributed by atoms with Crippen molar-refractivity contribution in [3.63, 3.8) is 0 Å². The Hall–Kier alpha value is -4.73. The predicted molar refractivity (Wildman–Crippen MR) is 185 cm³/mol. The van der Waals surface area contributed by atoms with Crippen LogP contribution in [0.1, 0.15) is 24.8 Å². The third kappa shape index (κ3) is 5.64. The molecule has 2 aromatic carbocycles. The van der Waals surface area contributed by atoms with E-state index in [1.807, 2.05) is 30.8 Å². The van der Waals surface area contributed by atoms with Crippen molar-refractivity contribution in [1.29, 1.82) is 0 Å². The molecule has 0 radical (unpaired) electrons. The number of nitrogens with one attached hydrogen (secondary N) is 4. The van der Waals surface area contributed by atoms with Crippen LogP contribution < -0.4 is 10.0 Å². The fourth-order valence-electron chi connectivity index (χ4n) is 5.68. The van der Waals surface area contributed by atoms with Crippen LogP contribution in [0.5, 0.6) is 0 Å². The Morgan fingerprint density at radius 1 is 0.932 bits per heavy atom. The molecule has 1 aliphatic rings. The van der Waals surface area contributed by atoms with E-state index in [1.165, 1.54) is 25.3 Å². The van der Waals surface area contributed by atoms with E-state index in [1.54, 1.807) is 18.5 Å². The molecule has 0 bridgehead atoms. The maximum absolute atomic E-state index is 14.7. The fourth-order valence-corrected chi connectivity index (χ4v) is 6.20. The highest BCUT2D eigenvalue weighted by atomic mass is 32.2. The summed E-state index contributed by atoms with van der Waals surface area (Å²) in [7, 11) is -1.43. The third-order valence-electron chi connectivity index (χ3n) is 8.23. The van der Waals surface area contributed by atoms with Crippen LogP contribution >= 0.6 is 9.39 Å². The highest BCUT2D eigenvalue weighted by molar-refractivity contribution is 8.25. The Labute approximate surface area is 256 Å². The lowest BCUT2D eigenvalue weighted by Gasteiger charge is -2.28. The van der Waals surface area contributed by atoms with Crippen LogP contribution in [0.3, 0.4) is 0 Å². The lowest BCUT2D eigenvalue weighted by molar-refractivity contribution is 0.371. The van der Waals surface area contributed by atoms with E-state index in [-0.39, 0.29) is 5.82 Å². The van der Waals surface area contributed by atoms with E-state index in [9.17, 15) is 4.39 Å². The Balaban J connectivity index is 1.23. The van der Waals surface area contributed by atoms with Gasteiger partial charge in [-0.2, -0.15) is 14.5 Å². The fraction of sp³-hybridized carbons (Fsp3) is 0.171. The summed E-state index contributed by atoms with van der Waals surface area (Å²) < 4.78 is 18.1. The molecular weight excluding hydrogens is 569 g/mol. The molecule has 44 heavy (non-hydrogen) atoms. The van der Waals surface area contributed by atoms with Crippen LogP contribution in [0, 0.1) is 11.7 Å². The maximum atomic E-state index is 14.7. The topological polar surface area (TPSA) is 94.3 Å². The van der Waals surface area contributed by atoms with E-state index < -0.39 is 9.39 Å². The van der Waals surface area contributed by atoms with E-state index in [2.05, 4.69) is 77.8 Å². The molecule has 0 saturated heterocycles. The number of hydrogen-bond donors (Lipinski definition) is 4. The summed E-state index contributed by atoms with van der Waals surface area (Å²) in [6.45, 7) is 4.72. The van der Waals surface area contributed by atoms with Gasteiger partial charge in [0.05, 0.1) is 34.8 Å². The van der Waals surface area contributed by atoms with Crippen LogP contribution in [-0.2, 0) is 6.54 Å². The number of H-pyrrole nitrogens is 2. The van der Waals surface area contributed by atoms with Gasteiger partial charge in [0.2, 0.25) is 0 Å². The molecule has 1 fully saturated rings. The maximum Gasteiger partial charge on any atom is 0.124 e. The molecule has 7 rings (SSSR count). The zero-order valence-corrected chi connectivity index (χ0v) is 25.4. The van der Waals surface area contributed by atoms with Crippen molar-refractivity contribution < 1.29 is 4.39 Å². The summed E-state index contributed by atoms with van der Waals surface area (Å²) >= 11 is 0. The number of fused-ring (bicyclic) bond motifs is 2. The first-order valence-corrected chi connectivity index (χ1v) is 16.9. The number of nitrogens with zero attached hydrogens (tertiary/aromatic N) is 3. The first-order valence-electron chi connectivity index (χ1n) is 14.6. The Morgan fingerprint density at radius 3 is 2.57 bits per heavy atom. The summed E-state index contributed by atoms with van der Waals surface area (Å²) in [5, 5.41) is 13.2. The van der Waals surface area contributed by atoms with Gasteiger partial charge in [0, 0.05) is 46.5 Å². The van der Waals surface area contributed by atoms with Crippen LogP contribution in [-0.4, -0.2) is 43.1 Å². The van der Waals surface area contributed by atoms with E-state index in [0.717, 1.165) is 72.4 Å². The number of aromatic nitrogens is 5. The van der Waals surface area contributed by atoms with Crippen molar-refractivity contribution in [1.82, 2.24) is 29.9 Å². The number of aromatic amines is 2. The van der Waals surface area contributed by atoms with Gasteiger partial charge < -0.3 is 10.3 Å². The number of anilines is 1. The molecule has 0 aliphatic heterocycles. The van der Waals surface area contributed by atoms with Crippen LogP contribution in [0.2, 0.25) is 0 Å². The molecule has 1 saturated carbocycles. The van der Waals surface area contributed by atoms with Gasteiger partial charge in [0.25, 0.3) is 0 Å². The van der Waals surface area contributed by atoms with Gasteiger partial charge in [-0.3, -0.25) is 19.8 Å². The molecular formula is C35H34FN7S. The van der Waals surface area contributed by atoms with Crippen LogP contribution in [0.4, 0.5) is 10.1 Å². The number of hydrogen-bond acceptors (Lipinski definition) is 5. The molecule has 0 unspecified atom stereocenters. The summed E-state index contributed by atoms with van der Waals surface area (Å²) in [5.74, 6) is 8.36. The molecule has 4 N–H and O–H groups in total. The second-order valence-electron chi connectivity index (χ2n) is 11.8. The van der Waals surface area contributed by atoms with Gasteiger partial charge in [-0.15, -0.1) is 0 Å². The number of benzene rings is 2. The van der Waals surface area contributed by atoms with Gasteiger partial charge in [-0.05, 0) is 84.2 Å². The minimum atomic E-state index is -1.43. The summed E-state index contributed by atoms with van der Waals surface area (Å²) in [6.07, 6.45) is 12.9. The number of pyridine rings is 2. The van der Waals surface area contributed by atoms with Crippen molar-refractivity contribution in [2.75, 3.05) is 11.6 Å². The molecule has 222 valence electrons.